The van der Waals surface area contributed by atoms with Crippen LogP contribution < -0.4 is 0 Å². The van der Waals surface area contributed by atoms with Gasteiger partial charge in [0.2, 0.25) is 0 Å². The zero-order valence-corrected chi connectivity index (χ0v) is 23.3. The molecule has 6 rings (SSSR count). The second kappa shape index (κ2) is 11.8. The lowest BCUT2D eigenvalue weighted by molar-refractivity contribution is 0.677. The fourth-order valence-corrected chi connectivity index (χ4v) is 8.71. The Hall–Kier alpha value is -4.38. The molecule has 194 valence electrons. The molecule has 40 heavy (non-hydrogen) atoms. The van der Waals surface area contributed by atoms with Gasteiger partial charge in [0, 0.05) is 0 Å². The van der Waals surface area contributed by atoms with Gasteiger partial charge < -0.3 is 0 Å². The van der Waals surface area contributed by atoms with Crippen LogP contribution in [0.1, 0.15) is 0 Å². The van der Waals surface area contributed by atoms with Crippen LogP contribution in [0.3, 0.4) is 0 Å². The molecule has 0 saturated carbocycles. The Kier molecular flexibility index (Phi) is 7.62. The Bertz CT molecular complexity index is 1550. The molecule has 0 saturated heterocycles. The Morgan fingerprint density at radius 3 is 0.725 bits per heavy atom. The SMILES string of the molecule is O=S(c1c(-c2ccccc2)cccc1-c1ccccc1)S(=O)c1c(-c2ccccc2)cccc1-c1ccccc1. The van der Waals surface area contributed by atoms with Gasteiger partial charge in [0.1, 0.15) is 19.7 Å². The van der Waals surface area contributed by atoms with Crippen molar-refractivity contribution < 1.29 is 8.42 Å². The highest BCUT2D eigenvalue weighted by Gasteiger charge is 2.27. The molecule has 2 atom stereocenters. The average Bonchev–Trinajstić information content (AvgIpc) is 3.05. The molecule has 6 aromatic rings. The van der Waals surface area contributed by atoms with Crippen molar-refractivity contribution in [1.29, 1.82) is 0 Å². The molecule has 4 heteroatoms. The summed E-state index contributed by atoms with van der Waals surface area (Å²) in [7, 11) is -3.80. The zero-order valence-electron chi connectivity index (χ0n) is 21.6. The molecule has 6 aromatic carbocycles. The van der Waals surface area contributed by atoms with Crippen LogP contribution in [0.15, 0.2) is 168 Å². The molecular weight excluding hydrogens is 529 g/mol. The second-order valence-electron chi connectivity index (χ2n) is 9.30. The van der Waals surface area contributed by atoms with E-state index in [1.165, 1.54) is 0 Å². The normalized spacial score (nSPS) is 12.5. The van der Waals surface area contributed by atoms with Crippen LogP contribution in [-0.4, -0.2) is 8.42 Å². The van der Waals surface area contributed by atoms with E-state index >= 15 is 0 Å². The number of benzene rings is 6. The van der Waals surface area contributed by atoms with Crippen LogP contribution in [0.2, 0.25) is 0 Å². The second-order valence-corrected chi connectivity index (χ2v) is 12.9. The van der Waals surface area contributed by atoms with Crippen LogP contribution in [-0.2, 0) is 19.7 Å². The lowest BCUT2D eigenvalue weighted by Crippen LogP contribution is -2.08. The molecule has 0 aromatic heterocycles. The summed E-state index contributed by atoms with van der Waals surface area (Å²) in [6, 6.07) is 51.4. The largest absolute Gasteiger partial charge is 0.240 e. The molecule has 0 bridgehead atoms. The van der Waals surface area contributed by atoms with E-state index in [-0.39, 0.29) is 0 Å². The van der Waals surface area contributed by atoms with E-state index in [9.17, 15) is 8.42 Å². The molecule has 0 N–H and O–H groups in total. The molecule has 0 aliphatic heterocycles. The summed E-state index contributed by atoms with van der Waals surface area (Å²) in [5.41, 5.74) is 6.97. The van der Waals surface area contributed by atoms with E-state index in [2.05, 4.69) is 0 Å². The van der Waals surface area contributed by atoms with Crippen molar-refractivity contribution in [2.75, 3.05) is 0 Å². The lowest BCUT2D eigenvalue weighted by Gasteiger charge is -2.18. The van der Waals surface area contributed by atoms with Crippen molar-refractivity contribution in [3.8, 4) is 44.5 Å². The summed E-state index contributed by atoms with van der Waals surface area (Å²) in [6.07, 6.45) is 0. The molecule has 0 aliphatic carbocycles. The Balaban J connectivity index is 1.60. The highest BCUT2D eigenvalue weighted by Crippen LogP contribution is 2.41. The summed E-state index contributed by atoms with van der Waals surface area (Å²) < 4.78 is 29.4. The maximum Gasteiger partial charge on any atom is 0.149 e. The highest BCUT2D eigenvalue weighted by atomic mass is 33.1. The zero-order chi connectivity index (χ0) is 27.3. The molecule has 0 spiro atoms. The van der Waals surface area contributed by atoms with Crippen molar-refractivity contribution in [3.05, 3.63) is 158 Å². The monoisotopic (exact) mass is 554 g/mol. The van der Waals surface area contributed by atoms with E-state index in [0.29, 0.717) is 9.79 Å². The van der Waals surface area contributed by atoms with Gasteiger partial charge in [0.25, 0.3) is 0 Å². The summed E-state index contributed by atoms with van der Waals surface area (Å²) in [5, 5.41) is 0. The van der Waals surface area contributed by atoms with E-state index in [1.807, 2.05) is 158 Å². The number of hydrogen-bond acceptors (Lipinski definition) is 2. The van der Waals surface area contributed by atoms with Crippen molar-refractivity contribution >= 4 is 19.7 Å². The van der Waals surface area contributed by atoms with Gasteiger partial charge in [-0.2, -0.15) is 0 Å². The topological polar surface area (TPSA) is 34.1 Å². The first-order valence-electron chi connectivity index (χ1n) is 13.0. The molecule has 0 fully saturated rings. The minimum Gasteiger partial charge on any atom is -0.240 e. The van der Waals surface area contributed by atoms with E-state index in [1.54, 1.807) is 0 Å². The van der Waals surface area contributed by atoms with Crippen LogP contribution in [0.25, 0.3) is 44.5 Å². The summed E-state index contributed by atoms with van der Waals surface area (Å²) in [4.78, 5) is 1.14. The fourth-order valence-electron chi connectivity index (χ4n) is 4.96. The maximum absolute atomic E-state index is 14.7. The third kappa shape index (κ3) is 5.12. The van der Waals surface area contributed by atoms with Gasteiger partial charge in [-0.25, -0.2) is 8.42 Å². The van der Waals surface area contributed by atoms with Gasteiger partial charge in [0.15, 0.2) is 0 Å². The van der Waals surface area contributed by atoms with Gasteiger partial charge in [-0.3, -0.25) is 0 Å². The van der Waals surface area contributed by atoms with Crippen molar-refractivity contribution in [2.24, 2.45) is 0 Å². The average molecular weight is 555 g/mol. The minimum absolute atomic E-state index is 0.570. The molecule has 0 amide bonds. The quantitative estimate of drug-likeness (QED) is 0.184. The third-order valence-electron chi connectivity index (χ3n) is 6.84. The summed E-state index contributed by atoms with van der Waals surface area (Å²) >= 11 is 0. The van der Waals surface area contributed by atoms with Gasteiger partial charge in [-0.1, -0.05) is 158 Å². The standard InChI is InChI=1S/C36H26O2S2/c37-39(35-31(27-15-5-1-6-16-27)23-13-24-32(35)28-17-7-2-8-18-28)40(38)36-33(29-19-9-3-10-20-29)25-14-26-34(36)30-21-11-4-12-22-30/h1-26H. The third-order valence-corrected chi connectivity index (χ3v) is 10.5. The molecule has 0 aliphatic rings. The smallest absolute Gasteiger partial charge is 0.149 e. The van der Waals surface area contributed by atoms with E-state index in [0.717, 1.165) is 44.5 Å². The van der Waals surface area contributed by atoms with Crippen molar-refractivity contribution in [1.82, 2.24) is 0 Å². The minimum atomic E-state index is -1.90. The number of hydrogen-bond donors (Lipinski definition) is 0. The Morgan fingerprint density at radius 1 is 0.275 bits per heavy atom. The molecule has 0 heterocycles. The van der Waals surface area contributed by atoms with Crippen LogP contribution in [0.4, 0.5) is 0 Å². The first-order chi connectivity index (χ1) is 19.7. The van der Waals surface area contributed by atoms with E-state index in [4.69, 9.17) is 0 Å². The Morgan fingerprint density at radius 2 is 0.500 bits per heavy atom. The summed E-state index contributed by atoms with van der Waals surface area (Å²) in [6.45, 7) is 0. The lowest BCUT2D eigenvalue weighted by atomic mass is 9.99. The molecule has 2 nitrogen and oxygen atoms in total. The Labute approximate surface area is 239 Å². The van der Waals surface area contributed by atoms with Gasteiger partial charge in [-0.05, 0) is 44.5 Å². The number of rotatable bonds is 7. The van der Waals surface area contributed by atoms with Gasteiger partial charge in [0.05, 0.1) is 9.79 Å². The molecular formula is C36H26O2S2. The summed E-state index contributed by atoms with van der Waals surface area (Å²) in [5.74, 6) is 0. The van der Waals surface area contributed by atoms with Crippen LogP contribution in [0.5, 0.6) is 0 Å². The first kappa shape index (κ1) is 25.9. The van der Waals surface area contributed by atoms with Gasteiger partial charge >= 0.3 is 0 Å². The first-order valence-corrected chi connectivity index (χ1v) is 15.9. The van der Waals surface area contributed by atoms with Crippen molar-refractivity contribution in [3.63, 3.8) is 0 Å². The van der Waals surface area contributed by atoms with Crippen LogP contribution in [0, 0.1) is 0 Å². The van der Waals surface area contributed by atoms with Crippen LogP contribution >= 0.6 is 0 Å². The predicted molar refractivity (Wildman–Crippen MR) is 167 cm³/mol. The molecule has 0 radical (unpaired) electrons. The van der Waals surface area contributed by atoms with E-state index < -0.39 is 19.7 Å². The van der Waals surface area contributed by atoms with Crippen molar-refractivity contribution in [2.45, 2.75) is 9.79 Å². The maximum atomic E-state index is 14.7. The fraction of sp³-hybridized carbons (Fsp3) is 0. The predicted octanol–water partition coefficient (Wildman–Crippen LogP) is 9.18. The highest BCUT2D eigenvalue weighted by molar-refractivity contribution is 8.61. The molecule has 2 unspecified atom stereocenters. The van der Waals surface area contributed by atoms with Gasteiger partial charge in [-0.15, -0.1) is 0 Å².